The number of nitro groups is 1. The van der Waals surface area contributed by atoms with Crippen LogP contribution in [0.1, 0.15) is 12.5 Å². The van der Waals surface area contributed by atoms with Crippen molar-refractivity contribution in [2.45, 2.75) is 20.0 Å². The lowest BCUT2D eigenvalue weighted by molar-refractivity contribution is -0.385. The molecular formula is C12H18N2O4. The van der Waals surface area contributed by atoms with Gasteiger partial charge >= 0.3 is 0 Å². The van der Waals surface area contributed by atoms with Crippen LogP contribution in [-0.2, 0) is 0 Å². The molecule has 1 rings (SSSR count). The van der Waals surface area contributed by atoms with Gasteiger partial charge in [0.05, 0.1) is 4.92 Å². The second kappa shape index (κ2) is 6.93. The van der Waals surface area contributed by atoms with Gasteiger partial charge < -0.3 is 15.2 Å². The topological polar surface area (TPSA) is 84.6 Å². The molecule has 0 spiro atoms. The van der Waals surface area contributed by atoms with Gasteiger partial charge in [-0.05, 0) is 25.6 Å². The highest BCUT2D eigenvalue weighted by Gasteiger charge is 2.11. The maximum atomic E-state index is 10.6. The summed E-state index contributed by atoms with van der Waals surface area (Å²) in [5.41, 5.74) is 0.606. The molecule has 0 heterocycles. The third kappa shape index (κ3) is 4.31. The van der Waals surface area contributed by atoms with Gasteiger partial charge in [0.2, 0.25) is 0 Å². The van der Waals surface area contributed by atoms with Gasteiger partial charge in [-0.25, -0.2) is 0 Å². The van der Waals surface area contributed by atoms with Crippen LogP contribution in [0, 0.1) is 17.0 Å². The molecule has 1 unspecified atom stereocenters. The largest absolute Gasteiger partial charge is 0.491 e. The first-order chi connectivity index (χ1) is 8.54. The van der Waals surface area contributed by atoms with Crippen LogP contribution in [0.25, 0.3) is 0 Å². The van der Waals surface area contributed by atoms with Crippen LogP contribution >= 0.6 is 0 Å². The fourth-order valence-corrected chi connectivity index (χ4v) is 1.48. The zero-order valence-electron chi connectivity index (χ0n) is 10.5. The van der Waals surface area contributed by atoms with E-state index in [1.165, 1.54) is 12.1 Å². The number of nitrogens with zero attached hydrogens (tertiary/aromatic N) is 1. The Labute approximate surface area is 106 Å². The lowest BCUT2D eigenvalue weighted by atomic mass is 10.2. The minimum Gasteiger partial charge on any atom is -0.491 e. The fourth-order valence-electron chi connectivity index (χ4n) is 1.48. The second-order valence-electron chi connectivity index (χ2n) is 3.98. The number of nitro benzene ring substituents is 1. The number of ether oxygens (including phenoxy) is 1. The van der Waals surface area contributed by atoms with Gasteiger partial charge in [0.1, 0.15) is 18.5 Å². The molecule has 2 N–H and O–H groups in total. The van der Waals surface area contributed by atoms with Crippen molar-refractivity contribution in [3.8, 4) is 5.75 Å². The molecule has 18 heavy (non-hydrogen) atoms. The molecule has 6 nitrogen and oxygen atoms in total. The Bertz CT molecular complexity index is 409. The first-order valence-electron chi connectivity index (χ1n) is 5.81. The van der Waals surface area contributed by atoms with Gasteiger partial charge in [0, 0.05) is 18.2 Å². The molecule has 100 valence electrons. The standard InChI is InChI=1S/C12H18N2O4/c1-3-13-7-10(15)8-18-11-4-5-12(14(16)17)9(2)6-11/h4-6,10,13,15H,3,7-8H2,1-2H3. The van der Waals surface area contributed by atoms with E-state index in [0.29, 0.717) is 17.9 Å². The zero-order valence-corrected chi connectivity index (χ0v) is 10.5. The van der Waals surface area contributed by atoms with Crippen LogP contribution in [0.4, 0.5) is 5.69 Å². The molecule has 0 aromatic heterocycles. The van der Waals surface area contributed by atoms with Gasteiger partial charge in [-0.15, -0.1) is 0 Å². The molecule has 0 aliphatic carbocycles. The van der Waals surface area contributed by atoms with Gasteiger partial charge in [-0.2, -0.15) is 0 Å². The van der Waals surface area contributed by atoms with Gasteiger partial charge in [0.15, 0.2) is 0 Å². The van der Waals surface area contributed by atoms with Crippen LogP contribution in [0.15, 0.2) is 18.2 Å². The molecule has 0 radical (unpaired) electrons. The number of likely N-dealkylation sites (N-methyl/N-ethyl adjacent to an activating group) is 1. The Morgan fingerprint density at radius 2 is 2.28 bits per heavy atom. The number of benzene rings is 1. The molecule has 0 aliphatic heterocycles. The summed E-state index contributed by atoms with van der Waals surface area (Å²) in [4.78, 5) is 10.2. The summed E-state index contributed by atoms with van der Waals surface area (Å²) in [5.74, 6) is 0.522. The van der Waals surface area contributed by atoms with Crippen molar-refractivity contribution in [3.63, 3.8) is 0 Å². The number of rotatable bonds is 7. The lowest BCUT2D eigenvalue weighted by Crippen LogP contribution is -2.31. The summed E-state index contributed by atoms with van der Waals surface area (Å²) in [6.45, 7) is 5.01. The number of nitrogens with one attached hydrogen (secondary N) is 1. The highest BCUT2D eigenvalue weighted by atomic mass is 16.6. The van der Waals surface area contributed by atoms with Crippen molar-refractivity contribution in [1.29, 1.82) is 0 Å². The summed E-state index contributed by atoms with van der Waals surface area (Å²) in [5, 5.41) is 23.2. The molecule has 1 aromatic rings. The van der Waals surface area contributed by atoms with E-state index in [4.69, 9.17) is 4.74 Å². The van der Waals surface area contributed by atoms with Crippen molar-refractivity contribution in [3.05, 3.63) is 33.9 Å². The average molecular weight is 254 g/mol. The SMILES string of the molecule is CCNCC(O)COc1ccc([N+](=O)[O-])c(C)c1. The van der Waals surface area contributed by atoms with Crippen molar-refractivity contribution >= 4 is 5.69 Å². The third-order valence-electron chi connectivity index (χ3n) is 2.44. The number of aliphatic hydroxyl groups excluding tert-OH is 1. The number of hydrogen-bond donors (Lipinski definition) is 2. The average Bonchev–Trinajstić information content (AvgIpc) is 2.33. The molecule has 0 saturated carbocycles. The predicted octanol–water partition coefficient (Wildman–Crippen LogP) is 1.25. The Kier molecular flexibility index (Phi) is 5.54. The Morgan fingerprint density at radius 1 is 1.56 bits per heavy atom. The minimum atomic E-state index is -0.597. The van der Waals surface area contributed by atoms with E-state index in [9.17, 15) is 15.2 Å². The van der Waals surface area contributed by atoms with E-state index in [2.05, 4.69) is 5.32 Å². The summed E-state index contributed by atoms with van der Waals surface area (Å²) < 4.78 is 5.37. The zero-order chi connectivity index (χ0) is 13.5. The van der Waals surface area contributed by atoms with Crippen molar-refractivity contribution < 1.29 is 14.8 Å². The molecule has 0 amide bonds. The van der Waals surface area contributed by atoms with Gasteiger partial charge in [-0.3, -0.25) is 10.1 Å². The third-order valence-corrected chi connectivity index (χ3v) is 2.44. The lowest BCUT2D eigenvalue weighted by Gasteiger charge is -2.12. The molecule has 1 aromatic carbocycles. The summed E-state index contributed by atoms with van der Waals surface area (Å²) >= 11 is 0. The number of aliphatic hydroxyl groups is 1. The van der Waals surface area contributed by atoms with Gasteiger partial charge in [0.25, 0.3) is 5.69 Å². The minimum absolute atomic E-state index is 0.0653. The molecule has 0 fully saturated rings. The molecule has 0 saturated heterocycles. The highest BCUT2D eigenvalue weighted by Crippen LogP contribution is 2.22. The van der Waals surface area contributed by atoms with E-state index in [1.54, 1.807) is 13.0 Å². The van der Waals surface area contributed by atoms with Crippen LogP contribution in [0.3, 0.4) is 0 Å². The molecule has 0 bridgehead atoms. The van der Waals surface area contributed by atoms with E-state index in [1.807, 2.05) is 6.92 Å². The van der Waals surface area contributed by atoms with Crippen LogP contribution in [0.5, 0.6) is 5.75 Å². The quantitative estimate of drug-likeness (QED) is 0.565. The number of aryl methyl sites for hydroxylation is 1. The van der Waals surface area contributed by atoms with E-state index in [-0.39, 0.29) is 12.3 Å². The van der Waals surface area contributed by atoms with E-state index < -0.39 is 11.0 Å². The summed E-state index contributed by atoms with van der Waals surface area (Å²) in [7, 11) is 0. The van der Waals surface area contributed by atoms with Crippen molar-refractivity contribution in [2.24, 2.45) is 0 Å². The normalized spacial score (nSPS) is 12.2. The van der Waals surface area contributed by atoms with Crippen molar-refractivity contribution in [2.75, 3.05) is 19.7 Å². The first kappa shape index (κ1) is 14.4. The smallest absolute Gasteiger partial charge is 0.272 e. The maximum absolute atomic E-state index is 10.6. The Hall–Kier alpha value is -1.66. The maximum Gasteiger partial charge on any atom is 0.272 e. The summed E-state index contributed by atoms with van der Waals surface area (Å²) in [6.07, 6.45) is -0.597. The Balaban J connectivity index is 2.53. The van der Waals surface area contributed by atoms with Gasteiger partial charge in [-0.1, -0.05) is 6.92 Å². The van der Waals surface area contributed by atoms with Crippen LogP contribution < -0.4 is 10.1 Å². The van der Waals surface area contributed by atoms with Crippen molar-refractivity contribution in [1.82, 2.24) is 5.32 Å². The highest BCUT2D eigenvalue weighted by molar-refractivity contribution is 5.44. The van der Waals surface area contributed by atoms with Crippen LogP contribution in [0.2, 0.25) is 0 Å². The monoisotopic (exact) mass is 254 g/mol. The van der Waals surface area contributed by atoms with E-state index >= 15 is 0 Å². The molecule has 1 atom stereocenters. The predicted molar refractivity (Wildman–Crippen MR) is 67.9 cm³/mol. The Morgan fingerprint density at radius 3 is 2.83 bits per heavy atom. The first-order valence-corrected chi connectivity index (χ1v) is 5.81. The molecule has 6 heteroatoms. The molecule has 0 aliphatic rings. The van der Waals surface area contributed by atoms with E-state index in [0.717, 1.165) is 6.54 Å². The summed E-state index contributed by atoms with van der Waals surface area (Å²) in [6, 6.07) is 4.53. The van der Waals surface area contributed by atoms with Crippen LogP contribution in [-0.4, -0.2) is 35.8 Å². The fraction of sp³-hybridized carbons (Fsp3) is 0.500. The number of hydrogen-bond acceptors (Lipinski definition) is 5. The molecular weight excluding hydrogens is 236 g/mol. The second-order valence-corrected chi connectivity index (χ2v) is 3.98.